The molecule has 4 aromatic rings. The molecule has 6 heteroatoms. The minimum Gasteiger partial charge on any atom is -0.496 e. The first kappa shape index (κ1) is 24.1. The third-order valence-corrected chi connectivity index (χ3v) is 5.69. The summed E-state index contributed by atoms with van der Waals surface area (Å²) in [6.45, 7) is 5.32. The van der Waals surface area contributed by atoms with E-state index in [1.807, 2.05) is 53.2 Å². The Labute approximate surface area is 205 Å². The quantitative estimate of drug-likeness (QED) is 0.299. The number of para-hydroxylation sites is 1. The summed E-state index contributed by atoms with van der Waals surface area (Å²) >= 11 is 0. The first-order valence-corrected chi connectivity index (χ1v) is 11.7. The summed E-state index contributed by atoms with van der Waals surface area (Å²) in [5, 5.41) is 14.5. The number of carboxylic acid groups (broad SMARTS) is 1. The summed E-state index contributed by atoms with van der Waals surface area (Å²) in [5.74, 6) is 0.697. The lowest BCUT2D eigenvalue weighted by molar-refractivity contribution is 0.0697. The molecule has 0 radical (unpaired) electrons. The number of carboxylic acids is 1. The first-order valence-electron chi connectivity index (χ1n) is 11.7. The highest BCUT2D eigenvalue weighted by molar-refractivity contribution is 5.90. The fraction of sp³-hybridized carbons (Fsp3) is 0.241. The third kappa shape index (κ3) is 5.72. The molecule has 35 heavy (non-hydrogen) atoms. The minimum atomic E-state index is -0.991. The van der Waals surface area contributed by atoms with E-state index in [1.54, 1.807) is 25.3 Å². The van der Waals surface area contributed by atoms with Crippen LogP contribution in [-0.2, 0) is 13.0 Å². The summed E-state index contributed by atoms with van der Waals surface area (Å²) in [7, 11) is 1.65. The Kier molecular flexibility index (Phi) is 7.51. The average Bonchev–Trinajstić information content (AvgIpc) is 3.30. The van der Waals surface area contributed by atoms with Crippen LogP contribution in [0.25, 0.3) is 22.5 Å². The van der Waals surface area contributed by atoms with E-state index in [-0.39, 0.29) is 5.56 Å². The lowest BCUT2D eigenvalue weighted by Crippen LogP contribution is -2.07. The maximum Gasteiger partial charge on any atom is 0.335 e. The number of rotatable bonds is 10. The van der Waals surface area contributed by atoms with Crippen molar-refractivity contribution in [1.82, 2.24) is 9.78 Å². The fourth-order valence-electron chi connectivity index (χ4n) is 3.92. The maximum atomic E-state index is 11.7. The fourth-order valence-corrected chi connectivity index (χ4v) is 3.92. The molecule has 1 aromatic heterocycles. The van der Waals surface area contributed by atoms with Gasteiger partial charge in [0.15, 0.2) is 0 Å². The van der Waals surface area contributed by atoms with Gasteiger partial charge in [-0.05, 0) is 54.3 Å². The van der Waals surface area contributed by atoms with E-state index in [4.69, 9.17) is 14.6 Å². The molecular formula is C29H30N2O4. The van der Waals surface area contributed by atoms with Crippen LogP contribution in [0.5, 0.6) is 11.5 Å². The number of carbonyl (C=O) groups is 1. The van der Waals surface area contributed by atoms with Crippen molar-refractivity contribution in [3.8, 4) is 34.0 Å². The minimum absolute atomic E-state index is 0.189. The van der Waals surface area contributed by atoms with Crippen LogP contribution < -0.4 is 9.47 Å². The zero-order valence-electron chi connectivity index (χ0n) is 20.3. The highest BCUT2D eigenvalue weighted by atomic mass is 16.5. The largest absolute Gasteiger partial charge is 0.496 e. The molecule has 1 N–H and O–H groups in total. The molecule has 4 rings (SSSR count). The lowest BCUT2D eigenvalue weighted by atomic mass is 10.0. The van der Waals surface area contributed by atoms with E-state index < -0.39 is 5.97 Å². The number of ether oxygens (including phenoxy) is 2. The molecular weight excluding hydrogens is 440 g/mol. The molecule has 0 aliphatic rings. The second-order valence-corrected chi connectivity index (χ2v) is 8.79. The summed E-state index contributed by atoms with van der Waals surface area (Å²) in [6.07, 6.45) is 0.802. The Morgan fingerprint density at radius 1 is 0.943 bits per heavy atom. The van der Waals surface area contributed by atoms with Crippen molar-refractivity contribution in [2.24, 2.45) is 5.92 Å². The third-order valence-electron chi connectivity index (χ3n) is 5.69. The zero-order chi connectivity index (χ0) is 24.8. The van der Waals surface area contributed by atoms with Crippen LogP contribution >= 0.6 is 0 Å². The monoisotopic (exact) mass is 470 g/mol. The molecule has 0 saturated heterocycles. The summed E-state index contributed by atoms with van der Waals surface area (Å²) in [6, 6.07) is 25.0. The molecule has 0 unspecified atom stereocenters. The van der Waals surface area contributed by atoms with Gasteiger partial charge in [0.1, 0.15) is 11.5 Å². The molecule has 0 saturated carbocycles. The van der Waals surface area contributed by atoms with Gasteiger partial charge in [0.05, 0.1) is 30.7 Å². The van der Waals surface area contributed by atoms with Gasteiger partial charge in [-0.2, -0.15) is 5.10 Å². The van der Waals surface area contributed by atoms with Crippen molar-refractivity contribution in [1.29, 1.82) is 0 Å². The average molecular weight is 471 g/mol. The molecule has 0 amide bonds. The Bertz CT molecular complexity index is 1300. The topological polar surface area (TPSA) is 73.6 Å². The van der Waals surface area contributed by atoms with Gasteiger partial charge in [-0.3, -0.25) is 4.68 Å². The van der Waals surface area contributed by atoms with Gasteiger partial charge in [-0.1, -0.05) is 56.3 Å². The molecule has 0 aliphatic heterocycles. The van der Waals surface area contributed by atoms with E-state index in [9.17, 15) is 9.90 Å². The van der Waals surface area contributed by atoms with Crippen molar-refractivity contribution in [2.75, 3.05) is 13.7 Å². The SMILES string of the molecule is COc1ccccc1-c1cc(-c2cc(C(=O)O)ccc2OCC(C)C)nn1CCc1ccccc1. The Morgan fingerprint density at radius 2 is 1.69 bits per heavy atom. The second kappa shape index (κ2) is 10.9. The van der Waals surface area contributed by atoms with Crippen LogP contribution in [0.15, 0.2) is 78.9 Å². The van der Waals surface area contributed by atoms with Gasteiger partial charge in [-0.15, -0.1) is 0 Å². The number of aromatic nitrogens is 2. The summed E-state index contributed by atoms with van der Waals surface area (Å²) in [5.41, 5.74) is 4.52. The molecule has 0 spiro atoms. The zero-order valence-corrected chi connectivity index (χ0v) is 20.3. The Morgan fingerprint density at radius 3 is 2.40 bits per heavy atom. The predicted molar refractivity (Wildman–Crippen MR) is 137 cm³/mol. The molecule has 0 fully saturated rings. The van der Waals surface area contributed by atoms with Crippen molar-refractivity contribution in [2.45, 2.75) is 26.8 Å². The number of benzene rings is 3. The predicted octanol–water partition coefficient (Wildman–Crippen LogP) is 6.20. The normalized spacial score (nSPS) is 11.0. The number of aryl methyl sites for hydroxylation is 2. The number of aromatic carboxylic acids is 1. The van der Waals surface area contributed by atoms with E-state index in [0.29, 0.717) is 36.1 Å². The van der Waals surface area contributed by atoms with Gasteiger partial charge in [0.25, 0.3) is 0 Å². The first-order chi connectivity index (χ1) is 17.0. The summed E-state index contributed by atoms with van der Waals surface area (Å²) < 4.78 is 13.6. The van der Waals surface area contributed by atoms with Crippen LogP contribution in [0, 0.1) is 5.92 Å². The number of hydrogen-bond acceptors (Lipinski definition) is 4. The Hall–Kier alpha value is -4.06. The van der Waals surface area contributed by atoms with E-state index in [2.05, 4.69) is 26.0 Å². The van der Waals surface area contributed by atoms with E-state index in [1.165, 1.54) is 5.56 Å². The van der Waals surface area contributed by atoms with Gasteiger partial charge < -0.3 is 14.6 Å². The summed E-state index contributed by atoms with van der Waals surface area (Å²) in [4.78, 5) is 11.7. The van der Waals surface area contributed by atoms with Gasteiger partial charge in [0, 0.05) is 17.7 Å². The molecule has 6 nitrogen and oxygen atoms in total. The van der Waals surface area contributed by atoms with Crippen LogP contribution in [0.3, 0.4) is 0 Å². The molecule has 0 bridgehead atoms. The van der Waals surface area contributed by atoms with Gasteiger partial charge in [-0.25, -0.2) is 4.79 Å². The standard InChI is InChI=1S/C29H30N2O4/c1-20(2)19-35-28-14-13-22(29(32)33)17-24(28)25-18-26(23-11-7-8-12-27(23)34-3)31(30-25)16-15-21-9-5-4-6-10-21/h4-14,17-18,20H,15-16,19H2,1-3H3,(H,32,33). The van der Waals surface area contributed by atoms with Crippen LogP contribution in [-0.4, -0.2) is 34.6 Å². The lowest BCUT2D eigenvalue weighted by Gasteiger charge is -2.13. The van der Waals surface area contributed by atoms with Crippen LogP contribution in [0.2, 0.25) is 0 Å². The van der Waals surface area contributed by atoms with Crippen LogP contribution in [0.4, 0.5) is 0 Å². The highest BCUT2D eigenvalue weighted by Gasteiger charge is 2.19. The molecule has 0 aliphatic carbocycles. The molecule has 180 valence electrons. The Balaban J connectivity index is 1.81. The van der Waals surface area contributed by atoms with Gasteiger partial charge in [0.2, 0.25) is 0 Å². The van der Waals surface area contributed by atoms with Crippen molar-refractivity contribution < 1.29 is 19.4 Å². The van der Waals surface area contributed by atoms with E-state index in [0.717, 1.165) is 23.4 Å². The van der Waals surface area contributed by atoms with Crippen molar-refractivity contribution in [3.63, 3.8) is 0 Å². The molecule has 3 aromatic carbocycles. The smallest absolute Gasteiger partial charge is 0.335 e. The number of hydrogen-bond donors (Lipinski definition) is 1. The molecule has 0 atom stereocenters. The van der Waals surface area contributed by atoms with Crippen molar-refractivity contribution in [3.05, 3.63) is 90.0 Å². The number of nitrogens with zero attached hydrogens (tertiary/aromatic N) is 2. The molecule has 1 heterocycles. The highest BCUT2D eigenvalue weighted by Crippen LogP contribution is 2.36. The van der Waals surface area contributed by atoms with Crippen molar-refractivity contribution >= 4 is 5.97 Å². The second-order valence-electron chi connectivity index (χ2n) is 8.79. The van der Waals surface area contributed by atoms with Crippen LogP contribution in [0.1, 0.15) is 29.8 Å². The number of methoxy groups -OCH3 is 1. The maximum absolute atomic E-state index is 11.7. The van der Waals surface area contributed by atoms with Gasteiger partial charge >= 0.3 is 5.97 Å². The van der Waals surface area contributed by atoms with E-state index >= 15 is 0 Å².